The van der Waals surface area contributed by atoms with Crippen molar-refractivity contribution in [3.05, 3.63) is 28.8 Å². The van der Waals surface area contributed by atoms with Gasteiger partial charge in [0.1, 0.15) is 0 Å². The van der Waals surface area contributed by atoms with E-state index in [1.54, 1.807) is 11.0 Å². The molecule has 0 aromatic heterocycles. The number of halogens is 1. The van der Waals surface area contributed by atoms with E-state index < -0.39 is 5.97 Å². The summed E-state index contributed by atoms with van der Waals surface area (Å²) in [6.45, 7) is 5.79. The van der Waals surface area contributed by atoms with E-state index in [1.165, 1.54) is 12.1 Å². The number of ether oxygens (including phenoxy) is 1. The Kier molecular flexibility index (Phi) is 6.98. The zero-order valence-corrected chi connectivity index (χ0v) is 12.8. The van der Waals surface area contributed by atoms with Crippen molar-refractivity contribution < 1.29 is 19.4 Å². The third kappa shape index (κ3) is 5.24. The van der Waals surface area contributed by atoms with Crippen molar-refractivity contribution in [3.8, 4) is 0 Å². The lowest BCUT2D eigenvalue weighted by atomic mass is 10.2. The lowest BCUT2D eigenvalue weighted by molar-refractivity contribution is 0.0697. The first-order chi connectivity index (χ1) is 9.99. The number of hydrogen-bond donors (Lipinski definition) is 2. The average molecular weight is 315 g/mol. The van der Waals surface area contributed by atoms with Crippen LogP contribution in [0.15, 0.2) is 18.2 Å². The molecule has 0 aliphatic carbocycles. The lowest BCUT2D eigenvalue weighted by Gasteiger charge is -2.21. The topological polar surface area (TPSA) is 78.9 Å². The molecule has 0 fully saturated rings. The maximum atomic E-state index is 12.1. The lowest BCUT2D eigenvalue weighted by Crippen LogP contribution is -2.37. The fourth-order valence-corrected chi connectivity index (χ4v) is 1.89. The number of urea groups is 1. The summed E-state index contributed by atoms with van der Waals surface area (Å²) in [7, 11) is 0. The summed E-state index contributed by atoms with van der Waals surface area (Å²) < 4.78 is 5.22. The van der Waals surface area contributed by atoms with E-state index in [1.807, 2.05) is 13.8 Å². The molecule has 1 aromatic rings. The van der Waals surface area contributed by atoms with Gasteiger partial charge in [-0.3, -0.25) is 0 Å². The predicted octanol–water partition coefficient (Wildman–Crippen LogP) is 2.93. The highest BCUT2D eigenvalue weighted by Crippen LogP contribution is 2.20. The minimum Gasteiger partial charge on any atom is -0.478 e. The number of amides is 2. The number of carboxylic acids is 1. The Hall–Kier alpha value is -1.79. The predicted molar refractivity (Wildman–Crippen MR) is 81.2 cm³/mol. The van der Waals surface area contributed by atoms with E-state index in [0.29, 0.717) is 32.0 Å². The number of anilines is 1. The summed E-state index contributed by atoms with van der Waals surface area (Å²) in [6, 6.07) is 4.02. The summed E-state index contributed by atoms with van der Waals surface area (Å²) in [5, 5.41) is 11.8. The van der Waals surface area contributed by atoms with Gasteiger partial charge in [-0.15, -0.1) is 0 Å². The van der Waals surface area contributed by atoms with Gasteiger partial charge in [0.05, 0.1) is 17.2 Å². The zero-order valence-electron chi connectivity index (χ0n) is 12.1. The highest BCUT2D eigenvalue weighted by Gasteiger charge is 2.14. The van der Waals surface area contributed by atoms with Crippen molar-refractivity contribution in [2.45, 2.75) is 13.8 Å². The van der Waals surface area contributed by atoms with E-state index in [9.17, 15) is 9.59 Å². The Balaban J connectivity index is 2.72. The molecule has 116 valence electrons. The maximum absolute atomic E-state index is 12.1. The third-order valence-electron chi connectivity index (χ3n) is 2.83. The number of hydrogen-bond acceptors (Lipinski definition) is 3. The maximum Gasteiger partial charge on any atom is 0.337 e. The van der Waals surface area contributed by atoms with Gasteiger partial charge in [-0.05, 0) is 32.0 Å². The number of aromatic carboxylic acids is 1. The molecule has 0 saturated heterocycles. The second-order valence-electron chi connectivity index (χ2n) is 4.21. The number of carbonyl (C=O) groups excluding carboxylic acids is 1. The van der Waals surface area contributed by atoms with E-state index >= 15 is 0 Å². The van der Waals surface area contributed by atoms with E-state index in [2.05, 4.69) is 5.32 Å². The molecule has 0 heterocycles. The summed E-state index contributed by atoms with van der Waals surface area (Å²) in [4.78, 5) is 24.7. The van der Waals surface area contributed by atoms with Crippen LogP contribution in [-0.2, 0) is 4.74 Å². The summed E-state index contributed by atoms with van der Waals surface area (Å²) in [5.41, 5.74) is 0.337. The van der Waals surface area contributed by atoms with Crippen LogP contribution in [0.5, 0.6) is 0 Å². The van der Waals surface area contributed by atoms with Gasteiger partial charge in [-0.25, -0.2) is 9.59 Å². The van der Waals surface area contributed by atoms with Crippen LogP contribution in [0.4, 0.5) is 10.5 Å². The number of carboxylic acid groups (broad SMARTS) is 1. The number of nitrogens with one attached hydrogen (secondary N) is 1. The quantitative estimate of drug-likeness (QED) is 0.758. The molecule has 2 N–H and O–H groups in total. The van der Waals surface area contributed by atoms with Crippen LogP contribution >= 0.6 is 11.6 Å². The standard InChI is InChI=1S/C14H19ClN2O4/c1-3-17(7-8-21-4-2)14(20)16-10-5-6-12(15)11(9-10)13(18)19/h5-6,9H,3-4,7-8H2,1-2H3,(H,16,20)(H,18,19). The fourth-order valence-electron chi connectivity index (χ4n) is 1.69. The van der Waals surface area contributed by atoms with Crippen LogP contribution in [-0.4, -0.2) is 48.3 Å². The van der Waals surface area contributed by atoms with E-state index in [-0.39, 0.29) is 16.6 Å². The highest BCUT2D eigenvalue weighted by molar-refractivity contribution is 6.33. The molecule has 0 radical (unpaired) electrons. The molecule has 0 aliphatic heterocycles. The average Bonchev–Trinajstić information content (AvgIpc) is 2.45. The highest BCUT2D eigenvalue weighted by atomic mass is 35.5. The van der Waals surface area contributed by atoms with Crippen LogP contribution in [0.1, 0.15) is 24.2 Å². The third-order valence-corrected chi connectivity index (χ3v) is 3.16. The Morgan fingerprint density at radius 1 is 1.38 bits per heavy atom. The minimum atomic E-state index is -1.14. The molecular weight excluding hydrogens is 296 g/mol. The minimum absolute atomic E-state index is 0.0492. The van der Waals surface area contributed by atoms with Gasteiger partial charge in [-0.2, -0.15) is 0 Å². The summed E-state index contributed by atoms with van der Waals surface area (Å²) >= 11 is 5.78. The molecule has 0 saturated carbocycles. The molecule has 0 spiro atoms. The first-order valence-electron chi connectivity index (χ1n) is 6.66. The van der Waals surface area contributed by atoms with Gasteiger partial charge in [0.15, 0.2) is 0 Å². The molecular formula is C14H19ClN2O4. The Morgan fingerprint density at radius 3 is 2.67 bits per heavy atom. The number of likely N-dealkylation sites (N-methyl/N-ethyl adjacent to an activating group) is 1. The monoisotopic (exact) mass is 314 g/mol. The van der Waals surface area contributed by atoms with Crippen molar-refractivity contribution in [3.63, 3.8) is 0 Å². The molecule has 0 unspecified atom stereocenters. The Morgan fingerprint density at radius 2 is 2.10 bits per heavy atom. The second kappa shape index (κ2) is 8.49. The Bertz CT molecular complexity index is 508. The van der Waals surface area contributed by atoms with Crippen LogP contribution in [0, 0.1) is 0 Å². The summed E-state index contributed by atoms with van der Waals surface area (Å²) in [5.74, 6) is -1.14. The summed E-state index contributed by atoms with van der Waals surface area (Å²) in [6.07, 6.45) is 0. The van der Waals surface area contributed by atoms with Crippen molar-refractivity contribution in [1.29, 1.82) is 0 Å². The van der Waals surface area contributed by atoms with Crippen molar-refractivity contribution in [1.82, 2.24) is 4.90 Å². The van der Waals surface area contributed by atoms with Crippen molar-refractivity contribution in [2.24, 2.45) is 0 Å². The number of rotatable bonds is 7. The normalized spacial score (nSPS) is 10.2. The molecule has 1 rings (SSSR count). The SMILES string of the molecule is CCOCCN(CC)C(=O)Nc1ccc(Cl)c(C(=O)O)c1. The largest absolute Gasteiger partial charge is 0.478 e. The van der Waals surface area contributed by atoms with Crippen LogP contribution in [0.2, 0.25) is 5.02 Å². The number of carbonyl (C=O) groups is 2. The smallest absolute Gasteiger partial charge is 0.337 e. The molecule has 0 atom stereocenters. The van der Waals surface area contributed by atoms with Crippen LogP contribution < -0.4 is 5.32 Å². The molecule has 1 aromatic carbocycles. The van der Waals surface area contributed by atoms with Gasteiger partial charge in [0.25, 0.3) is 0 Å². The Labute approximate surface area is 128 Å². The molecule has 7 heteroatoms. The van der Waals surface area contributed by atoms with Crippen molar-refractivity contribution in [2.75, 3.05) is 31.6 Å². The molecule has 0 bridgehead atoms. The van der Waals surface area contributed by atoms with E-state index in [4.69, 9.17) is 21.4 Å². The number of nitrogens with zero attached hydrogens (tertiary/aromatic N) is 1. The van der Waals surface area contributed by atoms with Gasteiger partial charge in [-0.1, -0.05) is 11.6 Å². The first-order valence-corrected chi connectivity index (χ1v) is 7.03. The molecule has 6 nitrogen and oxygen atoms in total. The molecule has 2 amide bonds. The molecule has 0 aliphatic rings. The number of benzene rings is 1. The van der Waals surface area contributed by atoms with Crippen LogP contribution in [0.25, 0.3) is 0 Å². The zero-order chi connectivity index (χ0) is 15.8. The fraction of sp³-hybridized carbons (Fsp3) is 0.429. The molecule has 21 heavy (non-hydrogen) atoms. The van der Waals surface area contributed by atoms with Gasteiger partial charge in [0.2, 0.25) is 0 Å². The second-order valence-corrected chi connectivity index (χ2v) is 4.61. The van der Waals surface area contributed by atoms with Crippen LogP contribution in [0.3, 0.4) is 0 Å². The first kappa shape index (κ1) is 17.3. The van der Waals surface area contributed by atoms with Gasteiger partial charge < -0.3 is 20.1 Å². The van der Waals surface area contributed by atoms with Gasteiger partial charge in [0, 0.05) is 25.4 Å². The van der Waals surface area contributed by atoms with Gasteiger partial charge >= 0.3 is 12.0 Å². The van der Waals surface area contributed by atoms with E-state index in [0.717, 1.165) is 0 Å². The van der Waals surface area contributed by atoms with Crippen molar-refractivity contribution >= 4 is 29.3 Å².